The van der Waals surface area contributed by atoms with Crippen molar-refractivity contribution in [3.63, 3.8) is 0 Å². The van der Waals surface area contributed by atoms with Crippen molar-refractivity contribution in [2.45, 2.75) is 11.8 Å². The van der Waals surface area contributed by atoms with Crippen molar-refractivity contribution >= 4 is 44.6 Å². The van der Waals surface area contributed by atoms with Crippen LogP contribution in [-0.4, -0.2) is 8.42 Å². The van der Waals surface area contributed by atoms with Crippen molar-refractivity contribution in [3.05, 3.63) is 62.4 Å². The lowest BCUT2D eigenvalue weighted by atomic mass is 10.2. The lowest BCUT2D eigenvalue weighted by Gasteiger charge is -2.11. The van der Waals surface area contributed by atoms with Crippen LogP contribution < -0.4 is 4.72 Å². The Morgan fingerprint density at radius 3 is 2.36 bits per heavy atom. The van der Waals surface area contributed by atoms with Crippen LogP contribution in [-0.2, 0) is 10.0 Å². The fourth-order valence-electron chi connectivity index (χ4n) is 1.66. The van der Waals surface area contributed by atoms with E-state index in [1.807, 2.05) is 6.92 Å². The Morgan fingerprint density at radius 2 is 1.77 bits per heavy atom. The van der Waals surface area contributed by atoms with Crippen molar-refractivity contribution in [3.8, 4) is 0 Å². The fraction of sp³-hybridized carbons (Fsp3) is 0.0769. The van der Waals surface area contributed by atoms with Gasteiger partial charge in [0.05, 0.1) is 26.3 Å². The van der Waals surface area contributed by atoms with E-state index in [0.717, 1.165) is 5.56 Å². The molecular weight excluding hydrogens is 347 g/mol. The number of sulfonamides is 1. The summed E-state index contributed by atoms with van der Waals surface area (Å²) in [6.07, 6.45) is 0. The molecule has 1 N–H and O–H groups in total. The molecule has 0 aliphatic carbocycles. The lowest BCUT2D eigenvalue weighted by molar-refractivity contribution is 0.601. The van der Waals surface area contributed by atoms with E-state index in [0.29, 0.717) is 0 Å². The van der Waals surface area contributed by atoms with Crippen LogP contribution in [0.3, 0.4) is 0 Å². The van der Waals surface area contributed by atoms with Crippen LogP contribution in [0.5, 0.6) is 0 Å². The molecule has 0 radical (unpaired) electrons. The molecule has 2 rings (SSSR count). The van der Waals surface area contributed by atoms with Crippen LogP contribution in [0.2, 0.25) is 10.0 Å². The van der Waals surface area contributed by atoms with Gasteiger partial charge in [-0.2, -0.15) is 0 Å². The Bertz CT molecular complexity index is 860. The largest absolute Gasteiger partial charge is 0.278 e. The molecular formula is C13H10Cl2N4O2S. The van der Waals surface area contributed by atoms with Gasteiger partial charge in [-0.3, -0.25) is 4.72 Å². The van der Waals surface area contributed by atoms with Crippen LogP contribution in [0.15, 0.2) is 46.4 Å². The molecule has 2 aromatic rings. The second kappa shape index (κ2) is 6.46. The molecule has 114 valence electrons. The first-order valence-electron chi connectivity index (χ1n) is 5.97. The molecule has 0 unspecified atom stereocenters. The topological polar surface area (TPSA) is 94.9 Å². The van der Waals surface area contributed by atoms with Gasteiger partial charge in [-0.05, 0) is 36.7 Å². The van der Waals surface area contributed by atoms with E-state index in [4.69, 9.17) is 28.7 Å². The summed E-state index contributed by atoms with van der Waals surface area (Å²) in [6.45, 7) is 1.85. The van der Waals surface area contributed by atoms with Crippen LogP contribution in [0.1, 0.15) is 5.56 Å². The summed E-state index contributed by atoms with van der Waals surface area (Å²) in [4.78, 5) is 2.71. The van der Waals surface area contributed by atoms with E-state index in [9.17, 15) is 8.42 Å². The zero-order valence-corrected chi connectivity index (χ0v) is 13.6. The van der Waals surface area contributed by atoms with Crippen molar-refractivity contribution in [1.82, 2.24) is 0 Å². The molecule has 2 aromatic carbocycles. The van der Waals surface area contributed by atoms with Crippen LogP contribution >= 0.6 is 23.2 Å². The zero-order chi connectivity index (χ0) is 16.3. The third kappa shape index (κ3) is 3.64. The number of rotatable bonds is 4. The van der Waals surface area contributed by atoms with Gasteiger partial charge in [-0.15, -0.1) is 0 Å². The summed E-state index contributed by atoms with van der Waals surface area (Å²) >= 11 is 11.8. The number of nitrogens with one attached hydrogen (secondary N) is 1. The third-order valence-electron chi connectivity index (χ3n) is 2.76. The average Bonchev–Trinajstić information content (AvgIpc) is 2.44. The van der Waals surface area contributed by atoms with E-state index in [2.05, 4.69) is 14.7 Å². The fourth-order valence-corrected chi connectivity index (χ4v) is 3.26. The Morgan fingerprint density at radius 1 is 1.14 bits per heavy atom. The van der Waals surface area contributed by atoms with E-state index >= 15 is 0 Å². The molecule has 0 fully saturated rings. The van der Waals surface area contributed by atoms with Gasteiger partial charge in [0, 0.05) is 4.91 Å². The highest BCUT2D eigenvalue weighted by atomic mass is 35.5. The van der Waals surface area contributed by atoms with Gasteiger partial charge in [-0.25, -0.2) is 8.42 Å². The summed E-state index contributed by atoms with van der Waals surface area (Å²) in [5, 5.41) is 3.60. The minimum atomic E-state index is -3.81. The number of halogens is 2. The molecule has 0 atom stereocenters. The molecule has 0 aliphatic rings. The van der Waals surface area contributed by atoms with Crippen molar-refractivity contribution in [2.75, 3.05) is 4.72 Å². The standard InChI is InChI=1S/C13H10Cl2N4O2S/c1-8-2-4-9(5-3-8)22(20,21)18-13-7-12(17-19-16)10(14)6-11(13)15/h2-7,18H,1H3. The molecule has 6 nitrogen and oxygen atoms in total. The second-order valence-electron chi connectivity index (χ2n) is 4.39. The first-order valence-corrected chi connectivity index (χ1v) is 8.21. The number of anilines is 1. The molecule has 0 bridgehead atoms. The number of hydrogen-bond acceptors (Lipinski definition) is 3. The molecule has 9 heteroatoms. The summed E-state index contributed by atoms with van der Waals surface area (Å²) in [6, 6.07) is 8.91. The Kier molecular flexibility index (Phi) is 4.83. The van der Waals surface area contributed by atoms with E-state index < -0.39 is 10.0 Å². The highest BCUT2D eigenvalue weighted by molar-refractivity contribution is 7.92. The molecule has 0 amide bonds. The molecule has 0 saturated carbocycles. The molecule has 22 heavy (non-hydrogen) atoms. The van der Waals surface area contributed by atoms with Gasteiger partial charge >= 0.3 is 0 Å². The molecule has 0 spiro atoms. The summed E-state index contributed by atoms with van der Waals surface area (Å²) in [5.41, 5.74) is 9.56. The van der Waals surface area contributed by atoms with Gasteiger partial charge < -0.3 is 0 Å². The zero-order valence-electron chi connectivity index (χ0n) is 11.3. The minimum absolute atomic E-state index is 0.0778. The number of azide groups is 1. The minimum Gasteiger partial charge on any atom is -0.278 e. The second-order valence-corrected chi connectivity index (χ2v) is 6.89. The van der Waals surface area contributed by atoms with Crippen molar-refractivity contribution in [1.29, 1.82) is 0 Å². The maximum absolute atomic E-state index is 12.3. The Hall–Kier alpha value is -1.92. The van der Waals surface area contributed by atoms with Crippen LogP contribution in [0.25, 0.3) is 10.4 Å². The number of benzene rings is 2. The summed E-state index contributed by atoms with van der Waals surface area (Å²) in [5.74, 6) is 0. The highest BCUT2D eigenvalue weighted by Gasteiger charge is 2.16. The first-order chi connectivity index (χ1) is 10.3. The van der Waals surface area contributed by atoms with Crippen molar-refractivity contribution < 1.29 is 8.42 Å². The average molecular weight is 357 g/mol. The van der Waals surface area contributed by atoms with Crippen molar-refractivity contribution in [2.24, 2.45) is 5.11 Å². The monoisotopic (exact) mass is 356 g/mol. The van der Waals surface area contributed by atoms with E-state index in [1.165, 1.54) is 24.3 Å². The van der Waals surface area contributed by atoms with Gasteiger partial charge in [0.15, 0.2) is 0 Å². The first kappa shape index (κ1) is 16.5. The summed E-state index contributed by atoms with van der Waals surface area (Å²) < 4.78 is 27.0. The van der Waals surface area contributed by atoms with Crippen LogP contribution in [0, 0.1) is 6.92 Å². The maximum Gasteiger partial charge on any atom is 0.261 e. The maximum atomic E-state index is 12.3. The lowest BCUT2D eigenvalue weighted by Crippen LogP contribution is -2.13. The Balaban J connectivity index is 2.43. The Labute approximate surface area is 137 Å². The normalized spacial score (nSPS) is 10.9. The smallest absolute Gasteiger partial charge is 0.261 e. The quantitative estimate of drug-likeness (QED) is 0.471. The SMILES string of the molecule is Cc1ccc(S(=O)(=O)Nc2cc(N=[N+]=[N-])c(Cl)cc2Cl)cc1. The predicted octanol–water partition coefficient (Wildman–Crippen LogP) is 5.04. The van der Waals surface area contributed by atoms with Gasteiger partial charge in [-0.1, -0.05) is 46.0 Å². The van der Waals surface area contributed by atoms with Gasteiger partial charge in [0.2, 0.25) is 0 Å². The third-order valence-corrected chi connectivity index (χ3v) is 4.76. The van der Waals surface area contributed by atoms with E-state index in [-0.39, 0.29) is 26.3 Å². The van der Waals surface area contributed by atoms with E-state index in [1.54, 1.807) is 12.1 Å². The molecule has 0 aliphatic heterocycles. The molecule has 0 saturated heterocycles. The molecule has 0 aromatic heterocycles. The van der Waals surface area contributed by atoms with Gasteiger partial charge in [0.1, 0.15) is 0 Å². The van der Waals surface area contributed by atoms with Crippen LogP contribution in [0.4, 0.5) is 11.4 Å². The van der Waals surface area contributed by atoms with Gasteiger partial charge in [0.25, 0.3) is 10.0 Å². The molecule has 0 heterocycles. The number of hydrogen-bond donors (Lipinski definition) is 1. The number of nitrogens with zero attached hydrogens (tertiary/aromatic N) is 3. The number of aryl methyl sites for hydroxylation is 1. The highest BCUT2D eigenvalue weighted by Crippen LogP contribution is 2.35. The predicted molar refractivity (Wildman–Crippen MR) is 87.3 cm³/mol. The summed E-state index contributed by atoms with van der Waals surface area (Å²) in [7, 11) is -3.81.